The molecule has 1 saturated heterocycles. The number of carbonyl (C=O) groups excluding carboxylic acids is 2. The third-order valence-electron chi connectivity index (χ3n) is 4.18. The van der Waals surface area contributed by atoms with Gasteiger partial charge in [-0.3, -0.25) is 9.59 Å². The number of amides is 2. The van der Waals surface area contributed by atoms with Crippen LogP contribution in [-0.2, 0) is 16.0 Å². The molecule has 124 valence electrons. The van der Waals surface area contributed by atoms with Gasteiger partial charge >= 0.3 is 0 Å². The van der Waals surface area contributed by atoms with Gasteiger partial charge in [0.15, 0.2) is 0 Å². The smallest absolute Gasteiger partial charge is 0.251 e. The minimum absolute atomic E-state index is 0.129. The number of nitrogens with one attached hydrogen (secondary N) is 1. The Hall–Kier alpha value is -2.53. The minimum atomic E-state index is -0.550. The summed E-state index contributed by atoms with van der Waals surface area (Å²) in [6, 6.07) is 13.3. The number of imide groups is 1. The molecule has 0 aliphatic carbocycles. The summed E-state index contributed by atoms with van der Waals surface area (Å²) in [6.45, 7) is 2.39. The van der Waals surface area contributed by atoms with Crippen molar-refractivity contribution in [3.63, 3.8) is 0 Å². The second-order valence-electron chi connectivity index (χ2n) is 5.96. The van der Waals surface area contributed by atoms with Crippen LogP contribution in [0.15, 0.2) is 48.5 Å². The van der Waals surface area contributed by atoms with E-state index in [1.807, 2.05) is 19.1 Å². The molecule has 2 aromatic rings. The van der Waals surface area contributed by atoms with Crippen LogP contribution in [0, 0.1) is 12.7 Å². The molecule has 5 heteroatoms. The van der Waals surface area contributed by atoms with Crippen molar-refractivity contribution < 1.29 is 14.0 Å². The van der Waals surface area contributed by atoms with Crippen LogP contribution in [0.2, 0.25) is 0 Å². The van der Waals surface area contributed by atoms with E-state index in [2.05, 4.69) is 5.32 Å². The van der Waals surface area contributed by atoms with Crippen LogP contribution in [0.1, 0.15) is 17.5 Å². The fourth-order valence-corrected chi connectivity index (χ4v) is 2.84. The Labute approximate surface area is 140 Å². The SMILES string of the molecule is Cc1ccc(N2C(=O)C[C@H](NCCc3ccccc3F)C2=O)cc1. The molecule has 4 nitrogen and oxygen atoms in total. The molecule has 3 rings (SSSR count). The van der Waals surface area contributed by atoms with E-state index < -0.39 is 6.04 Å². The summed E-state index contributed by atoms with van der Waals surface area (Å²) >= 11 is 0. The van der Waals surface area contributed by atoms with E-state index in [1.54, 1.807) is 30.3 Å². The molecule has 1 aliphatic rings. The second kappa shape index (κ2) is 6.93. The van der Waals surface area contributed by atoms with Gasteiger partial charge in [-0.1, -0.05) is 35.9 Å². The Kier molecular flexibility index (Phi) is 4.71. The number of benzene rings is 2. The van der Waals surface area contributed by atoms with Crippen LogP contribution in [0.4, 0.5) is 10.1 Å². The van der Waals surface area contributed by atoms with Crippen molar-refractivity contribution in [2.24, 2.45) is 0 Å². The standard InChI is InChI=1S/C19H19FN2O2/c1-13-6-8-15(9-7-13)22-18(23)12-17(19(22)24)21-11-10-14-4-2-3-5-16(14)20/h2-9,17,21H,10-12H2,1H3/t17-/m0/s1. The second-order valence-corrected chi connectivity index (χ2v) is 5.96. The molecular weight excluding hydrogens is 307 g/mol. The number of halogens is 1. The van der Waals surface area contributed by atoms with E-state index in [0.717, 1.165) is 5.56 Å². The lowest BCUT2D eigenvalue weighted by atomic mass is 10.1. The molecule has 1 aliphatic heterocycles. The van der Waals surface area contributed by atoms with Crippen molar-refractivity contribution in [2.45, 2.75) is 25.8 Å². The summed E-state index contributed by atoms with van der Waals surface area (Å²) in [5.41, 5.74) is 2.25. The highest BCUT2D eigenvalue weighted by Gasteiger charge is 2.39. The lowest BCUT2D eigenvalue weighted by molar-refractivity contribution is -0.121. The summed E-state index contributed by atoms with van der Waals surface area (Å²) in [5.74, 6) is -0.723. The summed E-state index contributed by atoms with van der Waals surface area (Å²) in [6.07, 6.45) is 0.596. The predicted molar refractivity (Wildman–Crippen MR) is 90.2 cm³/mol. The molecule has 0 unspecified atom stereocenters. The summed E-state index contributed by atoms with van der Waals surface area (Å²) in [5, 5.41) is 3.07. The van der Waals surface area contributed by atoms with Crippen molar-refractivity contribution in [2.75, 3.05) is 11.4 Å². The molecule has 1 N–H and O–H groups in total. The molecule has 1 atom stereocenters. The van der Waals surface area contributed by atoms with Crippen molar-refractivity contribution in [1.82, 2.24) is 5.32 Å². The Morgan fingerprint density at radius 3 is 2.54 bits per heavy atom. The maximum absolute atomic E-state index is 13.6. The Bertz CT molecular complexity index is 758. The first kappa shape index (κ1) is 16.3. The normalized spacial score (nSPS) is 17.6. The zero-order chi connectivity index (χ0) is 17.1. The number of hydrogen-bond donors (Lipinski definition) is 1. The van der Waals surface area contributed by atoms with Gasteiger partial charge in [-0.15, -0.1) is 0 Å². The van der Waals surface area contributed by atoms with Gasteiger partial charge in [0.1, 0.15) is 5.82 Å². The Morgan fingerprint density at radius 1 is 1.12 bits per heavy atom. The average molecular weight is 326 g/mol. The molecule has 0 saturated carbocycles. The van der Waals surface area contributed by atoms with E-state index in [9.17, 15) is 14.0 Å². The number of hydrogen-bond acceptors (Lipinski definition) is 3. The molecule has 0 bridgehead atoms. The van der Waals surface area contributed by atoms with Gasteiger partial charge in [0.25, 0.3) is 5.91 Å². The number of nitrogens with zero attached hydrogens (tertiary/aromatic N) is 1. The van der Waals surface area contributed by atoms with Gasteiger partial charge < -0.3 is 5.32 Å². The molecule has 2 amide bonds. The van der Waals surface area contributed by atoms with Crippen molar-refractivity contribution in [1.29, 1.82) is 0 Å². The third-order valence-corrected chi connectivity index (χ3v) is 4.18. The van der Waals surface area contributed by atoms with Gasteiger partial charge in [-0.25, -0.2) is 9.29 Å². The summed E-state index contributed by atoms with van der Waals surface area (Å²) in [4.78, 5) is 25.9. The quantitative estimate of drug-likeness (QED) is 0.859. The van der Waals surface area contributed by atoms with Gasteiger partial charge in [0.2, 0.25) is 5.91 Å². The first-order chi connectivity index (χ1) is 11.6. The van der Waals surface area contributed by atoms with E-state index in [0.29, 0.717) is 24.2 Å². The highest BCUT2D eigenvalue weighted by atomic mass is 19.1. The van der Waals surface area contributed by atoms with Gasteiger partial charge in [-0.2, -0.15) is 0 Å². The number of carbonyl (C=O) groups is 2. The Morgan fingerprint density at radius 2 is 1.83 bits per heavy atom. The number of rotatable bonds is 5. The van der Waals surface area contributed by atoms with Crippen LogP contribution in [-0.4, -0.2) is 24.4 Å². The summed E-state index contributed by atoms with van der Waals surface area (Å²) in [7, 11) is 0. The fraction of sp³-hybridized carbons (Fsp3) is 0.263. The van der Waals surface area contributed by atoms with E-state index >= 15 is 0 Å². The van der Waals surface area contributed by atoms with Crippen LogP contribution >= 0.6 is 0 Å². The third kappa shape index (κ3) is 3.36. The van der Waals surface area contributed by atoms with E-state index in [4.69, 9.17) is 0 Å². The number of anilines is 1. The van der Waals surface area contributed by atoms with Gasteiger partial charge in [-0.05, 0) is 37.1 Å². The Balaban J connectivity index is 1.62. The van der Waals surface area contributed by atoms with Gasteiger partial charge in [0, 0.05) is 6.54 Å². The van der Waals surface area contributed by atoms with Crippen molar-refractivity contribution in [3.8, 4) is 0 Å². The highest BCUT2D eigenvalue weighted by Crippen LogP contribution is 2.23. The van der Waals surface area contributed by atoms with Crippen LogP contribution in [0.3, 0.4) is 0 Å². The van der Waals surface area contributed by atoms with Crippen LogP contribution < -0.4 is 10.2 Å². The molecule has 0 aromatic heterocycles. The van der Waals surface area contributed by atoms with Crippen molar-refractivity contribution >= 4 is 17.5 Å². The lowest BCUT2D eigenvalue weighted by Gasteiger charge is -2.16. The molecule has 24 heavy (non-hydrogen) atoms. The molecular formula is C19H19FN2O2. The minimum Gasteiger partial charge on any atom is -0.305 e. The van der Waals surface area contributed by atoms with E-state index in [-0.39, 0.29) is 24.1 Å². The molecule has 1 heterocycles. The van der Waals surface area contributed by atoms with Crippen LogP contribution in [0.5, 0.6) is 0 Å². The van der Waals surface area contributed by atoms with Gasteiger partial charge in [0.05, 0.1) is 18.2 Å². The maximum atomic E-state index is 13.6. The first-order valence-electron chi connectivity index (χ1n) is 7.96. The topological polar surface area (TPSA) is 49.4 Å². The van der Waals surface area contributed by atoms with Crippen LogP contribution in [0.25, 0.3) is 0 Å². The van der Waals surface area contributed by atoms with Crippen molar-refractivity contribution in [3.05, 3.63) is 65.5 Å². The molecule has 2 aromatic carbocycles. The zero-order valence-electron chi connectivity index (χ0n) is 13.5. The first-order valence-corrected chi connectivity index (χ1v) is 7.96. The molecule has 0 radical (unpaired) electrons. The fourth-order valence-electron chi connectivity index (χ4n) is 2.84. The maximum Gasteiger partial charge on any atom is 0.251 e. The number of aryl methyl sites for hydroxylation is 1. The molecule has 0 spiro atoms. The average Bonchev–Trinajstić information content (AvgIpc) is 2.84. The largest absolute Gasteiger partial charge is 0.305 e. The molecule has 1 fully saturated rings. The van der Waals surface area contributed by atoms with E-state index in [1.165, 1.54) is 11.0 Å². The zero-order valence-corrected chi connectivity index (χ0v) is 13.5. The monoisotopic (exact) mass is 326 g/mol. The predicted octanol–water partition coefficient (Wildman–Crippen LogP) is 2.60. The summed E-state index contributed by atoms with van der Waals surface area (Å²) < 4.78 is 13.6. The highest BCUT2D eigenvalue weighted by molar-refractivity contribution is 6.22. The lowest BCUT2D eigenvalue weighted by Crippen LogP contribution is -2.39.